The molecule has 1 aromatic rings. The van der Waals surface area contributed by atoms with Crippen molar-refractivity contribution in [2.75, 3.05) is 0 Å². The van der Waals surface area contributed by atoms with Crippen molar-refractivity contribution in [1.29, 1.82) is 0 Å². The van der Waals surface area contributed by atoms with Gasteiger partial charge in [-0.05, 0) is 25.7 Å². The third-order valence-corrected chi connectivity index (χ3v) is 2.33. The van der Waals surface area contributed by atoms with Crippen LogP contribution >= 0.6 is 13.6 Å². The van der Waals surface area contributed by atoms with Gasteiger partial charge in [0.15, 0.2) is 0 Å². The van der Waals surface area contributed by atoms with Crippen molar-refractivity contribution in [2.24, 2.45) is 0 Å². The monoisotopic (exact) mass is 322 g/mol. The van der Waals surface area contributed by atoms with Crippen molar-refractivity contribution in [3.8, 4) is 5.75 Å². The first-order valence-electron chi connectivity index (χ1n) is 4.95. The average molecular weight is 325 g/mol. The normalized spacial score (nSPS) is 15.7. The fourth-order valence-electron chi connectivity index (χ4n) is 1.67. The van der Waals surface area contributed by atoms with Crippen LogP contribution in [0.2, 0.25) is 0 Å². The van der Waals surface area contributed by atoms with Crippen molar-refractivity contribution in [3.05, 3.63) is 30.1 Å². The third kappa shape index (κ3) is 4.61. The molecule has 0 N–H and O–H groups in total. The molecule has 1 aromatic carbocycles. The van der Waals surface area contributed by atoms with Gasteiger partial charge in [0, 0.05) is 11.6 Å². The van der Waals surface area contributed by atoms with E-state index in [9.17, 15) is 4.39 Å². The molecule has 1 nitrogen and oxygen atoms in total. The third-order valence-electron chi connectivity index (χ3n) is 2.33. The minimum absolute atomic E-state index is 0.258. The van der Waals surface area contributed by atoms with Gasteiger partial charge in [-0.25, -0.2) is 4.39 Å². The van der Waals surface area contributed by atoms with E-state index >= 15 is 0 Å². The molecule has 0 unspecified atom stereocenters. The molecule has 1 fully saturated rings. The van der Waals surface area contributed by atoms with E-state index in [1.165, 1.54) is 41.3 Å². The zero-order chi connectivity index (χ0) is 11.1. The zero-order valence-electron chi connectivity index (χ0n) is 8.51. The Labute approximate surface area is 106 Å². The summed E-state index contributed by atoms with van der Waals surface area (Å²) < 4.78 is 18.3. The van der Waals surface area contributed by atoms with Crippen molar-refractivity contribution in [3.63, 3.8) is 0 Å². The predicted molar refractivity (Wildman–Crippen MR) is 57.0 cm³/mol. The van der Waals surface area contributed by atoms with Crippen LogP contribution in [-0.4, -0.2) is 6.10 Å². The first kappa shape index (κ1) is 13.1. The van der Waals surface area contributed by atoms with Crippen LogP contribution in [0.1, 0.15) is 25.7 Å². The second-order valence-electron chi connectivity index (χ2n) is 3.40. The van der Waals surface area contributed by atoms with Crippen molar-refractivity contribution in [1.82, 2.24) is 0 Å². The Kier molecular flexibility index (Phi) is 6.43. The molecule has 4 heteroatoms. The first-order valence-corrected chi connectivity index (χ1v) is 11.9. The molecular formula is C11H12BrFOZn. The minimum atomic E-state index is -0.258. The summed E-state index contributed by atoms with van der Waals surface area (Å²) in [5, 5.41) is 0. The number of benzene rings is 1. The van der Waals surface area contributed by atoms with Gasteiger partial charge in [-0.1, -0.05) is 6.07 Å². The van der Waals surface area contributed by atoms with E-state index in [0.29, 0.717) is 5.75 Å². The van der Waals surface area contributed by atoms with Crippen LogP contribution in [0.15, 0.2) is 18.2 Å². The second kappa shape index (κ2) is 7.35. The number of rotatable bonds is 2. The number of ether oxygens (including phenoxy) is 1. The number of hydrogen-bond donors (Lipinski definition) is 0. The topological polar surface area (TPSA) is 9.23 Å². The van der Waals surface area contributed by atoms with E-state index in [0.717, 1.165) is 12.8 Å². The Hall–Kier alpha value is 0.0534. The number of halogens is 2. The van der Waals surface area contributed by atoms with Gasteiger partial charge >= 0.3 is 30.0 Å². The Balaban J connectivity index is 0.000000531. The molecule has 78 valence electrons. The van der Waals surface area contributed by atoms with E-state index in [1.54, 1.807) is 6.07 Å². The summed E-state index contributed by atoms with van der Waals surface area (Å²) in [5.41, 5.74) is 0. The zero-order valence-corrected chi connectivity index (χ0v) is 13.1. The molecule has 0 aliphatic heterocycles. The Morgan fingerprint density at radius 3 is 2.67 bits per heavy atom. The predicted octanol–water partition coefficient (Wildman–Crippen LogP) is 3.79. The van der Waals surface area contributed by atoms with Gasteiger partial charge < -0.3 is 4.74 Å². The van der Waals surface area contributed by atoms with Crippen molar-refractivity contribution < 1.29 is 25.5 Å². The molecule has 0 amide bonds. The average Bonchev–Trinajstić information content (AvgIpc) is 2.74. The van der Waals surface area contributed by atoms with Crippen LogP contribution in [0.4, 0.5) is 4.39 Å². The summed E-state index contributed by atoms with van der Waals surface area (Å²) >= 11 is 4.25. The van der Waals surface area contributed by atoms with Crippen molar-refractivity contribution >= 4 is 13.6 Å². The summed E-state index contributed by atoms with van der Waals surface area (Å²) in [4.78, 5) is 0. The summed E-state index contributed by atoms with van der Waals surface area (Å²) in [6.07, 6.45) is 4.90. The second-order valence-corrected chi connectivity index (χ2v) is 3.40. The number of hydrogen-bond acceptors (Lipinski definition) is 1. The van der Waals surface area contributed by atoms with Gasteiger partial charge in [-0.15, -0.1) is 12.1 Å². The van der Waals surface area contributed by atoms with E-state index in [4.69, 9.17) is 4.74 Å². The van der Waals surface area contributed by atoms with E-state index in [-0.39, 0.29) is 11.9 Å². The molecule has 1 aliphatic rings. The molecular weight excluding hydrogens is 312 g/mol. The van der Waals surface area contributed by atoms with Gasteiger partial charge in [0.05, 0.1) is 6.10 Å². The molecule has 0 heterocycles. The van der Waals surface area contributed by atoms with Gasteiger partial charge in [0.1, 0.15) is 0 Å². The molecule has 0 spiro atoms. The maximum atomic E-state index is 12.7. The van der Waals surface area contributed by atoms with Gasteiger partial charge in [0.2, 0.25) is 0 Å². The van der Waals surface area contributed by atoms with Crippen molar-refractivity contribution in [2.45, 2.75) is 31.8 Å². The van der Waals surface area contributed by atoms with Crippen LogP contribution < -0.4 is 4.74 Å². The fourth-order valence-corrected chi connectivity index (χ4v) is 1.67. The molecule has 2 rings (SSSR count). The standard InChI is InChI=1S/C11H12FO.BrH.Zn/c12-9-4-3-7-11(8-9)13-10-5-1-2-6-10;;/h3-4,8,10H,1-2,5-6H2;1H;/q-1;;+2/p-1. The fraction of sp³-hybridized carbons (Fsp3) is 0.455. The van der Waals surface area contributed by atoms with Crippen LogP contribution in [-0.2, 0) is 16.3 Å². The summed E-state index contributed by atoms with van der Waals surface area (Å²) in [5.74, 6) is 0.277. The molecule has 0 aromatic heterocycles. The summed E-state index contributed by atoms with van der Waals surface area (Å²) in [6.45, 7) is 0. The van der Waals surface area contributed by atoms with E-state index in [1.807, 2.05) is 0 Å². The maximum absolute atomic E-state index is 12.7. The van der Waals surface area contributed by atoms with Crippen LogP contribution in [0.25, 0.3) is 0 Å². The molecule has 15 heavy (non-hydrogen) atoms. The Bertz CT molecular complexity index is 290. The van der Waals surface area contributed by atoms with E-state index in [2.05, 4.69) is 19.7 Å². The van der Waals surface area contributed by atoms with Crippen LogP contribution in [0.3, 0.4) is 0 Å². The Morgan fingerprint density at radius 1 is 1.40 bits per heavy atom. The molecule has 1 saturated carbocycles. The van der Waals surface area contributed by atoms with Gasteiger partial charge in [0.25, 0.3) is 0 Å². The summed E-state index contributed by atoms with van der Waals surface area (Å²) in [6, 6.07) is 7.19. The molecule has 1 aliphatic carbocycles. The van der Waals surface area contributed by atoms with Crippen LogP contribution in [0.5, 0.6) is 5.75 Å². The van der Waals surface area contributed by atoms with E-state index < -0.39 is 0 Å². The molecule has 0 atom stereocenters. The first-order chi connectivity index (χ1) is 7.34. The van der Waals surface area contributed by atoms with Gasteiger partial charge in [-0.2, -0.15) is 6.07 Å². The SMILES string of the molecule is Fc1cc[c-]c(OC2CCCC2)c1.[Zn+][Br]. The quantitative estimate of drug-likeness (QED) is 0.594. The summed E-state index contributed by atoms with van der Waals surface area (Å²) in [7, 11) is 0. The molecule has 0 bridgehead atoms. The van der Waals surface area contributed by atoms with Gasteiger partial charge in [-0.3, -0.25) is 0 Å². The van der Waals surface area contributed by atoms with Crippen LogP contribution in [0, 0.1) is 11.9 Å². The molecule has 0 radical (unpaired) electrons. The Morgan fingerprint density at radius 2 is 2.07 bits per heavy atom. The molecule has 0 saturated heterocycles.